The number of halogens is 21. The molecule has 30 heteroatoms. The minimum absolute atomic E-state index is 0.247. The van der Waals surface area contributed by atoms with E-state index in [9.17, 15) is 100 Å². The lowest BCUT2D eigenvalue weighted by Crippen LogP contribution is -2.80. The van der Waals surface area contributed by atoms with Crippen molar-refractivity contribution in [3.8, 4) is 0 Å². The zero-order valence-electron chi connectivity index (χ0n) is 24.0. The van der Waals surface area contributed by atoms with Crippen molar-refractivity contribution in [2.45, 2.75) is 73.4 Å². The van der Waals surface area contributed by atoms with Crippen molar-refractivity contribution >= 4 is 22.6 Å². The minimum atomic E-state index is -9.32. The van der Waals surface area contributed by atoms with Crippen molar-refractivity contribution in [3.05, 3.63) is 35.9 Å². The molecule has 0 spiro atoms. The molecule has 0 heterocycles. The van der Waals surface area contributed by atoms with E-state index in [1.165, 1.54) is 5.56 Å². The largest absolute Gasteiger partial charge is 0.460 e. The van der Waals surface area contributed by atoms with Gasteiger partial charge in [0, 0.05) is 6.54 Å². The van der Waals surface area contributed by atoms with E-state index in [0.717, 1.165) is 12.2 Å². The zero-order valence-corrected chi connectivity index (χ0v) is 24.8. The van der Waals surface area contributed by atoms with E-state index in [0.29, 0.717) is 0 Å². The monoisotopic (exact) mass is 821 g/mol. The molecule has 0 amide bonds. The van der Waals surface area contributed by atoms with Crippen molar-refractivity contribution in [1.29, 1.82) is 10.8 Å². The normalized spacial score (nSPS) is 15.0. The summed E-state index contributed by atoms with van der Waals surface area (Å²) in [5, 5.41) is 19.8. The molecule has 298 valence electrons. The van der Waals surface area contributed by atoms with Crippen molar-refractivity contribution in [2.24, 2.45) is 0 Å². The fourth-order valence-corrected chi connectivity index (χ4v) is 3.78. The summed E-state index contributed by atoms with van der Waals surface area (Å²) in [6.07, 6.45) is -14.5. The first-order chi connectivity index (χ1) is 22.2. The molecule has 3 N–H and O–H groups in total. The van der Waals surface area contributed by atoms with Gasteiger partial charge >= 0.3 is 69.9 Å². The van der Waals surface area contributed by atoms with Crippen LogP contribution in [0.15, 0.2) is 30.3 Å². The van der Waals surface area contributed by atoms with Gasteiger partial charge < -0.3 is 5.11 Å². The summed E-state index contributed by atoms with van der Waals surface area (Å²) in [5.74, 6) is -63.2. The Balaban J connectivity index is -0.00000148. The Bertz CT molecular complexity index is 1440. The highest BCUT2D eigenvalue weighted by Crippen LogP contribution is 2.66. The second kappa shape index (κ2) is 16.4. The average Bonchev–Trinajstić information content (AvgIpc) is 2.92. The second-order valence-corrected chi connectivity index (χ2v) is 9.92. The number of aryl methyl sites for hydroxylation is 1. The van der Waals surface area contributed by atoms with Crippen LogP contribution in [-0.2, 0) is 20.0 Å². The number of aliphatic hydroxyl groups is 1. The highest BCUT2D eigenvalue weighted by atomic mass is 32.3. The molecule has 0 aliphatic carbocycles. The third kappa shape index (κ3) is 9.25. The Kier molecular flexibility index (Phi) is 16.6. The summed E-state index contributed by atoms with van der Waals surface area (Å²) in [5.41, 5.74) is -6.35. The Labute approximate surface area is 269 Å². The van der Waals surface area contributed by atoms with Crippen LogP contribution in [0.2, 0.25) is 0 Å². The van der Waals surface area contributed by atoms with Gasteiger partial charge in [0.15, 0.2) is 0 Å². The Hall–Kier alpha value is -3.62. The van der Waals surface area contributed by atoms with Gasteiger partial charge in [0.05, 0.1) is 0 Å². The lowest BCUT2D eigenvalue weighted by atomic mass is 9.85. The van der Waals surface area contributed by atoms with Crippen molar-refractivity contribution in [3.63, 3.8) is 0 Å². The molecule has 1 rings (SSSR count). The van der Waals surface area contributed by atoms with E-state index >= 15 is 0 Å². The van der Waals surface area contributed by atoms with Gasteiger partial charge in [-0.05, 0) is 6.92 Å². The molecule has 1 aromatic carbocycles. The molecule has 0 aromatic heterocycles. The van der Waals surface area contributed by atoms with Crippen LogP contribution in [0.4, 0.5) is 91.7 Å². The summed E-state index contributed by atoms with van der Waals surface area (Å²) < 4.78 is 295. The first-order valence-corrected chi connectivity index (χ1v) is 12.8. The Morgan fingerprint density at radius 2 is 0.843 bits per heavy atom. The van der Waals surface area contributed by atoms with Crippen molar-refractivity contribution in [1.82, 2.24) is 4.31 Å². The van der Waals surface area contributed by atoms with Crippen LogP contribution >= 0.6 is 0 Å². The standard InChI is InChI=1S/C12H6F21NO3S.C7H8.2CHNO/c1-2-34(38(33,36)37)10(35,12(30,31)32)8(23,24)6(19,20)4(15,16)3(13,14)5(17,18)7(21,22)9(25,26)11(27,28)29;1-7-5-3-2-4-6-7;2*2-1-3/h35H,2H2,1H3;2-6H,1H3;2*2H. The van der Waals surface area contributed by atoms with E-state index in [1.54, 1.807) is 0 Å². The van der Waals surface area contributed by atoms with Gasteiger partial charge in [-0.25, -0.2) is 20.4 Å². The van der Waals surface area contributed by atoms with Crippen LogP contribution in [0.3, 0.4) is 0 Å². The Morgan fingerprint density at radius 3 is 1.02 bits per heavy atom. The average molecular weight is 821 g/mol. The number of rotatable bonds is 10. The van der Waals surface area contributed by atoms with E-state index < -0.39 is 80.8 Å². The predicted molar refractivity (Wildman–Crippen MR) is 122 cm³/mol. The van der Waals surface area contributed by atoms with Crippen LogP contribution in [0, 0.1) is 17.7 Å². The maximum absolute atomic E-state index is 14.1. The Morgan fingerprint density at radius 1 is 0.588 bits per heavy atom. The van der Waals surface area contributed by atoms with Gasteiger partial charge in [-0.15, -0.1) is 4.31 Å². The SMILES string of the molecule is CCN(C(O)(C(F)(F)F)C(F)(F)C(F)(F)C(F)(F)C(F)(F)C(F)(F)C(F)(F)C(F)(F)C(F)(F)F)S(=O)(=O)F.Cc1ccccc1.N=C=O.N=C=O. The summed E-state index contributed by atoms with van der Waals surface area (Å²) >= 11 is 0. The fourth-order valence-electron chi connectivity index (χ4n) is 2.93. The van der Waals surface area contributed by atoms with Crippen LogP contribution in [0.25, 0.3) is 0 Å². The van der Waals surface area contributed by atoms with Gasteiger partial charge in [0.25, 0.3) is 0 Å². The third-order valence-corrected chi connectivity index (χ3v) is 6.46. The molecule has 0 radical (unpaired) electrons. The molecule has 0 saturated carbocycles. The van der Waals surface area contributed by atoms with E-state index in [2.05, 4.69) is 19.1 Å². The van der Waals surface area contributed by atoms with Crippen molar-refractivity contribution < 1.29 is 115 Å². The minimum Gasteiger partial charge on any atom is -0.362 e. The number of alkyl halides is 20. The number of benzene rings is 1. The summed E-state index contributed by atoms with van der Waals surface area (Å²) in [6, 6.07) is 10.3. The van der Waals surface area contributed by atoms with Crippen LogP contribution in [-0.4, -0.2) is 96.1 Å². The first-order valence-electron chi connectivity index (χ1n) is 11.5. The zero-order chi connectivity index (χ0) is 42.3. The molecule has 0 bridgehead atoms. The number of isocyanates is 2. The number of nitrogens with zero attached hydrogens (tertiary/aromatic N) is 1. The summed E-state index contributed by atoms with van der Waals surface area (Å²) in [7, 11) is -7.64. The molecule has 1 aromatic rings. The molecule has 51 heavy (non-hydrogen) atoms. The predicted octanol–water partition coefficient (Wildman–Crippen LogP) is 7.58. The maximum Gasteiger partial charge on any atom is 0.460 e. The van der Waals surface area contributed by atoms with E-state index in [4.69, 9.17) is 25.5 Å². The van der Waals surface area contributed by atoms with Gasteiger partial charge in [-0.2, -0.15) is 96.2 Å². The van der Waals surface area contributed by atoms with Gasteiger partial charge in [-0.3, -0.25) is 0 Å². The molecule has 1 unspecified atom stereocenters. The number of hydrogen-bond donors (Lipinski definition) is 3. The number of hydrogen-bond acceptors (Lipinski definition) is 7. The molecule has 0 saturated heterocycles. The molecule has 8 nitrogen and oxygen atoms in total. The third-order valence-electron chi connectivity index (χ3n) is 5.41. The smallest absolute Gasteiger partial charge is 0.362 e. The summed E-state index contributed by atoms with van der Waals surface area (Å²) in [4.78, 5) is 16.7. The van der Waals surface area contributed by atoms with Crippen LogP contribution < -0.4 is 0 Å². The van der Waals surface area contributed by atoms with Gasteiger partial charge in [-0.1, -0.05) is 46.7 Å². The van der Waals surface area contributed by atoms with Crippen molar-refractivity contribution in [2.75, 3.05) is 6.54 Å². The second-order valence-electron chi connectivity index (χ2n) is 8.65. The highest BCUT2D eigenvalue weighted by molar-refractivity contribution is 7.84. The number of carbonyl (C=O) groups excluding carboxylic acids is 2. The molecule has 1 atom stereocenters. The summed E-state index contributed by atoms with van der Waals surface area (Å²) in [6.45, 7) is -0.794. The molecule has 0 aliphatic heterocycles. The van der Waals surface area contributed by atoms with Gasteiger partial charge in [0.2, 0.25) is 12.2 Å². The lowest BCUT2D eigenvalue weighted by molar-refractivity contribution is -0.481. The van der Waals surface area contributed by atoms with E-state index in [1.807, 2.05) is 18.2 Å². The fraction of sp³-hybridized carbons (Fsp3) is 0.619. The molecule has 0 aliphatic rings. The topological polar surface area (TPSA) is 139 Å². The van der Waals surface area contributed by atoms with Gasteiger partial charge in [0.1, 0.15) is 0 Å². The first kappa shape index (κ1) is 51.7. The van der Waals surface area contributed by atoms with Crippen LogP contribution in [0.5, 0.6) is 0 Å². The number of nitrogens with one attached hydrogen (secondary N) is 2. The molecular formula is C21H16F21N3O5S. The van der Waals surface area contributed by atoms with Crippen LogP contribution in [0.1, 0.15) is 12.5 Å². The quantitative estimate of drug-likeness (QED) is 0.0735. The highest BCUT2D eigenvalue weighted by Gasteiger charge is 2.98. The molecular weight excluding hydrogens is 805 g/mol. The van der Waals surface area contributed by atoms with E-state index in [-0.39, 0.29) is 6.92 Å². The lowest BCUT2D eigenvalue weighted by Gasteiger charge is -2.47. The maximum atomic E-state index is 14.1. The molecule has 0 fully saturated rings.